The van der Waals surface area contributed by atoms with Crippen molar-refractivity contribution in [2.45, 2.75) is 19.3 Å². The molecule has 0 aliphatic carbocycles. The Morgan fingerprint density at radius 2 is 1.82 bits per heavy atom. The third-order valence-corrected chi connectivity index (χ3v) is 5.06. The lowest BCUT2D eigenvalue weighted by atomic mass is 9.77. The molecule has 1 aliphatic heterocycles. The second-order valence-corrected chi connectivity index (χ2v) is 6.97. The predicted molar refractivity (Wildman–Crippen MR) is 104 cm³/mol. The number of hydrogen-bond acceptors (Lipinski definition) is 3. The number of hydrogen-bond donors (Lipinski definition) is 1. The Morgan fingerprint density at radius 1 is 1.11 bits per heavy atom. The minimum absolute atomic E-state index is 0.189. The molecule has 1 amide bonds. The smallest absolute Gasteiger partial charge is 0.251 e. The Morgan fingerprint density at radius 3 is 2.50 bits per heavy atom. The van der Waals surface area contributed by atoms with Crippen molar-refractivity contribution in [3.05, 3.63) is 71.0 Å². The molecule has 0 radical (unpaired) electrons. The Labute approximate surface area is 164 Å². The van der Waals surface area contributed by atoms with Crippen LogP contribution in [0.5, 0.6) is 0 Å². The van der Waals surface area contributed by atoms with E-state index in [4.69, 9.17) is 4.74 Å². The van der Waals surface area contributed by atoms with E-state index in [0.717, 1.165) is 19.1 Å². The summed E-state index contributed by atoms with van der Waals surface area (Å²) in [7, 11) is 0. The molecule has 0 bridgehead atoms. The number of amides is 1. The van der Waals surface area contributed by atoms with Crippen molar-refractivity contribution in [1.82, 2.24) is 5.32 Å². The fourth-order valence-corrected chi connectivity index (χ4v) is 3.21. The van der Waals surface area contributed by atoms with Crippen molar-refractivity contribution in [3.63, 3.8) is 0 Å². The van der Waals surface area contributed by atoms with Crippen LogP contribution in [-0.4, -0.2) is 32.0 Å². The summed E-state index contributed by atoms with van der Waals surface area (Å²) in [6.07, 6.45) is 2.86. The molecule has 5 heteroatoms. The molecule has 0 atom stereocenters. The van der Waals surface area contributed by atoms with E-state index in [2.05, 4.69) is 17.2 Å². The van der Waals surface area contributed by atoms with Crippen LogP contribution in [0.15, 0.2) is 48.5 Å². The van der Waals surface area contributed by atoms with Gasteiger partial charge in [-0.15, -0.1) is 0 Å². The van der Waals surface area contributed by atoms with E-state index in [0.29, 0.717) is 42.9 Å². The van der Waals surface area contributed by atoms with Crippen LogP contribution in [-0.2, 0) is 9.53 Å². The second-order valence-electron chi connectivity index (χ2n) is 6.97. The highest BCUT2D eigenvalue weighted by Crippen LogP contribution is 2.32. The Balaban J connectivity index is 1.62. The monoisotopic (exact) mass is 379 g/mol. The van der Waals surface area contributed by atoms with Crippen LogP contribution in [0.3, 0.4) is 0 Å². The number of aldehydes is 1. The number of rotatable bonds is 5. The summed E-state index contributed by atoms with van der Waals surface area (Å²) in [5, 5.41) is 2.94. The van der Waals surface area contributed by atoms with Crippen molar-refractivity contribution in [2.24, 2.45) is 5.41 Å². The minimum Gasteiger partial charge on any atom is -0.381 e. The maximum absolute atomic E-state index is 13.6. The summed E-state index contributed by atoms with van der Waals surface area (Å²) in [5.41, 5.74) is 1.33. The van der Waals surface area contributed by atoms with Gasteiger partial charge in [-0.25, -0.2) is 4.39 Å². The molecule has 1 N–H and O–H groups in total. The molecule has 1 fully saturated rings. The normalized spacial score (nSPS) is 15.2. The van der Waals surface area contributed by atoms with Gasteiger partial charge < -0.3 is 14.8 Å². The molecule has 0 spiro atoms. The molecule has 0 unspecified atom stereocenters. The third kappa shape index (κ3) is 5.05. The van der Waals surface area contributed by atoms with Crippen LogP contribution in [0.1, 0.15) is 40.7 Å². The van der Waals surface area contributed by atoms with Crippen molar-refractivity contribution >= 4 is 12.2 Å². The minimum atomic E-state index is -0.358. The lowest BCUT2D eigenvalue weighted by Crippen LogP contribution is -2.41. The topological polar surface area (TPSA) is 55.4 Å². The lowest BCUT2D eigenvalue weighted by molar-refractivity contribution is -0.111. The van der Waals surface area contributed by atoms with Crippen LogP contribution >= 0.6 is 0 Å². The fraction of sp³-hybridized carbons (Fsp3) is 0.304. The van der Waals surface area contributed by atoms with E-state index in [1.54, 1.807) is 42.5 Å². The van der Waals surface area contributed by atoms with Gasteiger partial charge in [-0.05, 0) is 54.7 Å². The molecule has 28 heavy (non-hydrogen) atoms. The quantitative estimate of drug-likeness (QED) is 0.640. The fourth-order valence-electron chi connectivity index (χ4n) is 3.21. The Bertz CT molecular complexity index is 890. The van der Waals surface area contributed by atoms with Gasteiger partial charge in [0.05, 0.1) is 5.56 Å². The molecule has 2 aromatic carbocycles. The summed E-state index contributed by atoms with van der Waals surface area (Å²) >= 11 is 0. The molecule has 1 heterocycles. The Kier molecular flexibility index (Phi) is 6.57. The largest absolute Gasteiger partial charge is 0.381 e. The number of carbonyl (C=O) groups is 2. The van der Waals surface area contributed by atoms with Gasteiger partial charge in [-0.2, -0.15) is 0 Å². The number of ether oxygens (including phenoxy) is 1. The van der Waals surface area contributed by atoms with Gasteiger partial charge in [0.1, 0.15) is 12.1 Å². The second kappa shape index (κ2) is 9.29. The molecule has 3 rings (SSSR count). The molecule has 4 nitrogen and oxygen atoms in total. The molecule has 0 aromatic heterocycles. The molecular weight excluding hydrogens is 357 g/mol. The van der Waals surface area contributed by atoms with E-state index < -0.39 is 0 Å². The summed E-state index contributed by atoms with van der Waals surface area (Å²) in [6, 6.07) is 13.2. The zero-order valence-electron chi connectivity index (χ0n) is 15.5. The van der Waals surface area contributed by atoms with Crippen LogP contribution in [0.25, 0.3) is 0 Å². The number of benzene rings is 2. The first-order valence-corrected chi connectivity index (χ1v) is 9.28. The molecule has 1 saturated heterocycles. The van der Waals surface area contributed by atoms with Crippen LogP contribution in [0, 0.1) is 23.1 Å². The van der Waals surface area contributed by atoms with E-state index in [1.165, 1.54) is 6.07 Å². The van der Waals surface area contributed by atoms with Gasteiger partial charge in [0, 0.05) is 37.3 Å². The first-order valence-electron chi connectivity index (χ1n) is 9.28. The van der Waals surface area contributed by atoms with Gasteiger partial charge in [0.15, 0.2) is 0 Å². The molecule has 2 aromatic rings. The highest BCUT2D eigenvalue weighted by molar-refractivity contribution is 5.94. The van der Waals surface area contributed by atoms with Crippen molar-refractivity contribution in [3.8, 4) is 11.8 Å². The summed E-state index contributed by atoms with van der Waals surface area (Å²) in [5.74, 6) is 5.15. The van der Waals surface area contributed by atoms with Crippen molar-refractivity contribution in [2.75, 3.05) is 19.8 Å². The van der Waals surface area contributed by atoms with Gasteiger partial charge in [-0.1, -0.05) is 24.0 Å². The summed E-state index contributed by atoms with van der Waals surface area (Å²) < 4.78 is 19.0. The first-order chi connectivity index (χ1) is 13.6. The number of carbonyl (C=O) groups excluding carboxylic acids is 2. The van der Waals surface area contributed by atoms with E-state index in [9.17, 15) is 14.0 Å². The summed E-state index contributed by atoms with van der Waals surface area (Å²) in [4.78, 5) is 23.5. The van der Waals surface area contributed by atoms with Gasteiger partial charge in [-0.3, -0.25) is 4.79 Å². The number of nitrogens with one attached hydrogen (secondary N) is 1. The maximum atomic E-state index is 13.6. The Hall–Kier alpha value is -2.97. The summed E-state index contributed by atoms with van der Waals surface area (Å²) in [6.45, 7) is 1.67. The van der Waals surface area contributed by atoms with Gasteiger partial charge in [0.2, 0.25) is 0 Å². The predicted octanol–water partition coefficient (Wildman–Crippen LogP) is 3.34. The lowest BCUT2D eigenvalue weighted by Gasteiger charge is -2.35. The van der Waals surface area contributed by atoms with Crippen molar-refractivity contribution in [1.29, 1.82) is 0 Å². The molecule has 0 saturated carbocycles. The third-order valence-electron chi connectivity index (χ3n) is 5.06. The SMILES string of the molecule is O=CCC1(CNC(=O)c2ccc(C#Cc3ccccc3F)cc2)CCOCC1. The van der Waals surface area contributed by atoms with Crippen molar-refractivity contribution < 1.29 is 18.7 Å². The van der Waals surface area contributed by atoms with E-state index in [1.807, 2.05) is 0 Å². The zero-order chi connectivity index (χ0) is 19.8. The standard InChI is InChI=1S/C23H22FNO3/c24-21-4-2-1-3-19(21)8-5-18-6-9-20(10-7-18)22(27)25-17-23(11-14-26)12-15-28-16-13-23/h1-4,6-7,9-10,14H,11-13,15-17H2,(H,25,27). The van der Waals surface area contributed by atoms with Gasteiger partial charge in [0.25, 0.3) is 5.91 Å². The van der Waals surface area contributed by atoms with Crippen LogP contribution < -0.4 is 5.32 Å². The number of halogens is 1. The zero-order valence-corrected chi connectivity index (χ0v) is 15.5. The van der Waals surface area contributed by atoms with Crippen LogP contribution in [0.4, 0.5) is 4.39 Å². The highest BCUT2D eigenvalue weighted by atomic mass is 19.1. The maximum Gasteiger partial charge on any atom is 0.251 e. The van der Waals surface area contributed by atoms with Crippen LogP contribution in [0.2, 0.25) is 0 Å². The highest BCUT2D eigenvalue weighted by Gasteiger charge is 2.32. The molecular formula is C23H22FNO3. The van der Waals surface area contributed by atoms with Gasteiger partial charge >= 0.3 is 0 Å². The average Bonchev–Trinajstić information content (AvgIpc) is 2.73. The molecule has 1 aliphatic rings. The molecule has 144 valence electrons. The van der Waals surface area contributed by atoms with E-state index in [-0.39, 0.29) is 17.1 Å². The first kappa shape index (κ1) is 19.8. The average molecular weight is 379 g/mol. The van der Waals surface area contributed by atoms with E-state index >= 15 is 0 Å².